The van der Waals surface area contributed by atoms with Crippen LogP contribution in [0.2, 0.25) is 0 Å². The molecule has 0 aliphatic heterocycles. The van der Waals surface area contributed by atoms with E-state index in [0.717, 1.165) is 34.6 Å². The Morgan fingerprint density at radius 3 is 2.20 bits per heavy atom. The van der Waals surface area contributed by atoms with E-state index in [0.29, 0.717) is 24.7 Å². The number of nitrogens with two attached hydrogens (primary N) is 1. The quantitative estimate of drug-likeness (QED) is 0.712. The Morgan fingerprint density at radius 2 is 1.60 bits per heavy atom. The number of aryl methyl sites for hydroxylation is 2. The van der Waals surface area contributed by atoms with Gasteiger partial charge in [0.05, 0.1) is 14.2 Å². The molecule has 0 atom stereocenters. The molecule has 0 spiro atoms. The minimum absolute atomic E-state index is 0.516. The van der Waals surface area contributed by atoms with E-state index in [1.54, 1.807) is 14.2 Å². The molecule has 1 aromatic heterocycles. The highest BCUT2D eigenvalue weighted by atomic mass is 16.5. The van der Waals surface area contributed by atoms with Crippen molar-refractivity contribution in [3.63, 3.8) is 0 Å². The molecule has 6 heteroatoms. The van der Waals surface area contributed by atoms with Crippen molar-refractivity contribution < 1.29 is 14.0 Å². The topological polar surface area (TPSA) is 83.4 Å². The van der Waals surface area contributed by atoms with Gasteiger partial charge in [0.25, 0.3) is 0 Å². The van der Waals surface area contributed by atoms with E-state index in [9.17, 15) is 0 Å². The summed E-state index contributed by atoms with van der Waals surface area (Å²) in [6.45, 7) is 0.516. The van der Waals surface area contributed by atoms with Crippen LogP contribution >= 0.6 is 0 Å². The number of nitrogens with zero attached hydrogens (tertiary/aromatic N) is 2. The Labute approximate surface area is 146 Å². The lowest BCUT2D eigenvalue weighted by Crippen LogP contribution is -1.96. The first-order valence-electron chi connectivity index (χ1n) is 8.05. The molecular weight excluding hydrogens is 318 g/mol. The monoisotopic (exact) mass is 339 g/mol. The van der Waals surface area contributed by atoms with Crippen LogP contribution in [0.4, 0.5) is 0 Å². The lowest BCUT2D eigenvalue weighted by atomic mass is 10.1. The largest absolute Gasteiger partial charge is 0.497 e. The van der Waals surface area contributed by atoms with Crippen LogP contribution in [0.3, 0.4) is 0 Å². The summed E-state index contributed by atoms with van der Waals surface area (Å²) < 4.78 is 15.9. The number of rotatable bonds is 7. The maximum Gasteiger partial charge on any atom is 0.227 e. The van der Waals surface area contributed by atoms with Gasteiger partial charge in [0.1, 0.15) is 11.5 Å². The second-order valence-electron chi connectivity index (χ2n) is 5.63. The van der Waals surface area contributed by atoms with Crippen molar-refractivity contribution in [2.45, 2.75) is 19.4 Å². The molecule has 0 saturated carbocycles. The molecule has 6 nitrogen and oxygen atoms in total. The van der Waals surface area contributed by atoms with Crippen LogP contribution in [-0.2, 0) is 19.4 Å². The molecule has 2 aromatic carbocycles. The molecular formula is C19H21N3O3. The van der Waals surface area contributed by atoms with Crippen molar-refractivity contribution >= 4 is 0 Å². The molecule has 0 bridgehead atoms. The molecule has 0 aliphatic carbocycles. The fourth-order valence-electron chi connectivity index (χ4n) is 2.53. The normalized spacial score (nSPS) is 10.7. The number of ether oxygens (including phenoxy) is 2. The maximum atomic E-state index is 5.61. The Morgan fingerprint density at radius 1 is 0.920 bits per heavy atom. The van der Waals surface area contributed by atoms with Gasteiger partial charge in [-0.15, -0.1) is 0 Å². The molecule has 0 saturated heterocycles. The van der Waals surface area contributed by atoms with E-state index in [1.807, 2.05) is 42.5 Å². The lowest BCUT2D eigenvalue weighted by molar-refractivity contribution is 0.377. The van der Waals surface area contributed by atoms with Crippen molar-refractivity contribution in [2.75, 3.05) is 14.2 Å². The third-order valence-electron chi connectivity index (χ3n) is 3.95. The third-order valence-corrected chi connectivity index (χ3v) is 3.95. The van der Waals surface area contributed by atoms with Gasteiger partial charge in [0.15, 0.2) is 0 Å². The summed E-state index contributed by atoms with van der Waals surface area (Å²) in [5, 5.41) is 4.05. The van der Waals surface area contributed by atoms with E-state index < -0.39 is 0 Å². The van der Waals surface area contributed by atoms with Gasteiger partial charge in [-0.25, -0.2) is 0 Å². The summed E-state index contributed by atoms with van der Waals surface area (Å²) >= 11 is 0. The molecule has 0 amide bonds. The predicted octanol–water partition coefficient (Wildman–Crippen LogP) is 3.00. The van der Waals surface area contributed by atoms with Crippen LogP contribution in [-0.4, -0.2) is 24.4 Å². The van der Waals surface area contributed by atoms with Crippen molar-refractivity contribution in [2.24, 2.45) is 5.73 Å². The predicted molar refractivity (Wildman–Crippen MR) is 94.6 cm³/mol. The summed E-state index contributed by atoms with van der Waals surface area (Å²) in [5.41, 5.74) is 8.68. The van der Waals surface area contributed by atoms with Gasteiger partial charge in [-0.2, -0.15) is 4.98 Å². The van der Waals surface area contributed by atoms with Crippen LogP contribution < -0.4 is 15.2 Å². The van der Waals surface area contributed by atoms with E-state index >= 15 is 0 Å². The molecule has 0 unspecified atom stereocenters. The van der Waals surface area contributed by atoms with Crippen molar-refractivity contribution in [3.05, 3.63) is 59.5 Å². The zero-order valence-electron chi connectivity index (χ0n) is 14.4. The number of methoxy groups -OCH3 is 2. The summed E-state index contributed by atoms with van der Waals surface area (Å²) in [7, 11) is 3.28. The Balaban J connectivity index is 1.69. The standard InChI is InChI=1S/C19H21N3O3/c1-23-16-9-14(10-17(11-16)24-2)5-8-18-21-19(22-25-18)15-6-3-13(12-20)4-7-15/h3-4,6-7,9-11H,5,8,12,20H2,1-2H3. The van der Waals surface area contributed by atoms with Gasteiger partial charge in [0, 0.05) is 24.6 Å². The molecule has 130 valence electrons. The number of benzene rings is 2. The van der Waals surface area contributed by atoms with E-state index in [1.165, 1.54) is 0 Å². The smallest absolute Gasteiger partial charge is 0.227 e. The molecule has 0 radical (unpaired) electrons. The average molecular weight is 339 g/mol. The highest BCUT2D eigenvalue weighted by molar-refractivity contribution is 5.54. The SMILES string of the molecule is COc1cc(CCc2nc(-c3ccc(CN)cc3)no2)cc(OC)c1. The Bertz CT molecular complexity index is 806. The Hall–Kier alpha value is -2.86. The molecule has 2 N–H and O–H groups in total. The van der Waals surface area contributed by atoms with E-state index in [2.05, 4.69) is 10.1 Å². The molecule has 3 aromatic rings. The maximum absolute atomic E-state index is 5.61. The molecule has 25 heavy (non-hydrogen) atoms. The fraction of sp³-hybridized carbons (Fsp3) is 0.263. The number of aromatic nitrogens is 2. The summed E-state index contributed by atoms with van der Waals surface area (Å²) in [5.74, 6) is 2.71. The molecule has 3 rings (SSSR count). The van der Waals surface area contributed by atoms with Crippen molar-refractivity contribution in [3.8, 4) is 22.9 Å². The molecule has 0 aliphatic rings. The fourth-order valence-corrected chi connectivity index (χ4v) is 2.53. The lowest BCUT2D eigenvalue weighted by Gasteiger charge is -2.07. The van der Waals surface area contributed by atoms with Crippen molar-refractivity contribution in [1.29, 1.82) is 0 Å². The summed E-state index contributed by atoms with van der Waals surface area (Å²) in [6.07, 6.45) is 1.39. The van der Waals surface area contributed by atoms with Gasteiger partial charge in [-0.05, 0) is 29.7 Å². The van der Waals surface area contributed by atoms with Gasteiger partial charge >= 0.3 is 0 Å². The minimum atomic E-state index is 0.516. The number of hydrogen-bond acceptors (Lipinski definition) is 6. The van der Waals surface area contributed by atoms with E-state index in [4.69, 9.17) is 19.7 Å². The van der Waals surface area contributed by atoms with Crippen LogP contribution in [0.25, 0.3) is 11.4 Å². The first-order valence-corrected chi connectivity index (χ1v) is 8.05. The highest BCUT2D eigenvalue weighted by Gasteiger charge is 2.10. The zero-order chi connectivity index (χ0) is 17.6. The first-order chi connectivity index (χ1) is 12.2. The first kappa shape index (κ1) is 17.0. The minimum Gasteiger partial charge on any atom is -0.497 e. The molecule has 0 fully saturated rings. The van der Waals surface area contributed by atoms with Crippen LogP contribution in [0.15, 0.2) is 47.0 Å². The second kappa shape index (κ2) is 7.81. The third kappa shape index (κ3) is 4.16. The number of hydrogen-bond donors (Lipinski definition) is 1. The zero-order valence-corrected chi connectivity index (χ0v) is 14.4. The summed E-state index contributed by atoms with van der Waals surface area (Å²) in [6, 6.07) is 13.6. The van der Waals surface area contributed by atoms with Crippen LogP contribution in [0.1, 0.15) is 17.0 Å². The van der Waals surface area contributed by atoms with E-state index in [-0.39, 0.29) is 0 Å². The van der Waals surface area contributed by atoms with Gasteiger partial charge < -0.3 is 19.7 Å². The Kier molecular flexibility index (Phi) is 5.30. The van der Waals surface area contributed by atoms with Gasteiger partial charge in [-0.1, -0.05) is 29.4 Å². The summed E-state index contributed by atoms with van der Waals surface area (Å²) in [4.78, 5) is 4.46. The molecule has 1 heterocycles. The van der Waals surface area contributed by atoms with Gasteiger partial charge in [0.2, 0.25) is 11.7 Å². The van der Waals surface area contributed by atoms with Crippen molar-refractivity contribution in [1.82, 2.24) is 10.1 Å². The second-order valence-corrected chi connectivity index (χ2v) is 5.63. The van der Waals surface area contributed by atoms with Crippen LogP contribution in [0, 0.1) is 0 Å². The van der Waals surface area contributed by atoms with Gasteiger partial charge in [-0.3, -0.25) is 0 Å². The van der Waals surface area contributed by atoms with Crippen LogP contribution in [0.5, 0.6) is 11.5 Å². The highest BCUT2D eigenvalue weighted by Crippen LogP contribution is 2.24. The average Bonchev–Trinajstić information content (AvgIpc) is 3.15.